The average Bonchev–Trinajstić information content (AvgIpc) is 3.06. The van der Waals surface area contributed by atoms with E-state index in [1.165, 1.54) is 11.1 Å². The van der Waals surface area contributed by atoms with Crippen LogP contribution in [0, 0.1) is 5.92 Å². The molecule has 130 valence electrons. The molecule has 0 bridgehead atoms. The summed E-state index contributed by atoms with van der Waals surface area (Å²) in [6.07, 6.45) is 2.95. The van der Waals surface area contributed by atoms with E-state index in [-0.39, 0.29) is 0 Å². The van der Waals surface area contributed by atoms with Crippen LogP contribution in [0.1, 0.15) is 24.1 Å². The topological polar surface area (TPSA) is 45.1 Å². The zero-order chi connectivity index (χ0) is 16.9. The maximum Gasteiger partial charge on any atom is 0.124 e. The van der Waals surface area contributed by atoms with Gasteiger partial charge in [-0.25, -0.2) is 4.68 Å². The summed E-state index contributed by atoms with van der Waals surface area (Å²) in [4.78, 5) is 2.29. The second kappa shape index (κ2) is 7.81. The van der Waals surface area contributed by atoms with Crippen LogP contribution >= 0.6 is 0 Å². The minimum atomic E-state index is 0.396. The van der Waals surface area contributed by atoms with Crippen molar-refractivity contribution in [3.05, 3.63) is 47.7 Å². The van der Waals surface area contributed by atoms with Gasteiger partial charge < -0.3 is 15.5 Å². The lowest BCUT2D eigenvalue weighted by atomic mass is 10.0. The molecule has 0 saturated carbocycles. The number of aromatic nitrogens is 2. The summed E-state index contributed by atoms with van der Waals surface area (Å²) in [6.45, 7) is 6.16. The molecule has 2 atom stereocenters. The fraction of sp³-hybridized carbons (Fsp3) is 0.526. The Morgan fingerprint density at radius 1 is 1.29 bits per heavy atom. The number of hydrogen-bond donors (Lipinski definition) is 2. The lowest BCUT2D eigenvalue weighted by molar-refractivity contribution is 0.279. The number of fused-ring (bicyclic) bond motifs is 1. The highest BCUT2D eigenvalue weighted by Gasteiger charge is 2.19. The molecular formula is C19H29N5. The van der Waals surface area contributed by atoms with Crippen LogP contribution in [0.15, 0.2) is 36.5 Å². The summed E-state index contributed by atoms with van der Waals surface area (Å²) in [5.74, 6) is 1.70. The Balaban J connectivity index is 1.53. The van der Waals surface area contributed by atoms with E-state index in [2.05, 4.69) is 70.6 Å². The molecule has 1 aliphatic heterocycles. The molecule has 2 N–H and O–H groups in total. The van der Waals surface area contributed by atoms with Crippen LogP contribution in [-0.2, 0) is 13.0 Å². The summed E-state index contributed by atoms with van der Waals surface area (Å²) in [5, 5.41) is 11.5. The molecule has 0 fully saturated rings. The number of rotatable bonds is 7. The Bertz CT molecular complexity index is 631. The first kappa shape index (κ1) is 17.0. The third kappa shape index (κ3) is 3.97. The van der Waals surface area contributed by atoms with Gasteiger partial charge in [-0.1, -0.05) is 31.2 Å². The van der Waals surface area contributed by atoms with Gasteiger partial charge >= 0.3 is 0 Å². The maximum atomic E-state index is 4.36. The van der Waals surface area contributed by atoms with Crippen molar-refractivity contribution >= 4 is 5.82 Å². The highest BCUT2D eigenvalue weighted by atomic mass is 15.3. The highest BCUT2D eigenvalue weighted by Crippen LogP contribution is 2.19. The molecule has 5 nitrogen and oxygen atoms in total. The molecule has 0 radical (unpaired) electrons. The van der Waals surface area contributed by atoms with Gasteiger partial charge in [0.2, 0.25) is 0 Å². The number of benzene rings is 1. The smallest absolute Gasteiger partial charge is 0.124 e. The Morgan fingerprint density at radius 3 is 2.79 bits per heavy atom. The summed E-state index contributed by atoms with van der Waals surface area (Å²) >= 11 is 0. The van der Waals surface area contributed by atoms with Crippen LogP contribution in [-0.4, -0.2) is 48.4 Å². The van der Waals surface area contributed by atoms with Crippen LogP contribution in [0.2, 0.25) is 0 Å². The number of hydrogen-bond acceptors (Lipinski definition) is 4. The standard InChI is InChI=1S/C19H29N5/c1-4-15-5-7-17(8-6-15)18(23(2)3)13-20-11-16-12-21-19-9-10-22-24(19)14-16/h5-10,16,18,20-21H,4,11-14H2,1-3H3/t16-,18+/m0/s1. The zero-order valence-corrected chi connectivity index (χ0v) is 15.0. The van der Waals surface area contributed by atoms with E-state index in [0.717, 1.165) is 38.4 Å². The van der Waals surface area contributed by atoms with Crippen LogP contribution in [0.4, 0.5) is 5.82 Å². The van der Waals surface area contributed by atoms with Gasteiger partial charge in [-0.15, -0.1) is 0 Å². The first-order valence-electron chi connectivity index (χ1n) is 8.89. The number of aryl methyl sites for hydroxylation is 1. The normalized spacial score (nSPS) is 18.2. The van der Waals surface area contributed by atoms with Crippen molar-refractivity contribution in [3.63, 3.8) is 0 Å². The number of likely N-dealkylation sites (N-methyl/N-ethyl adjacent to an activating group) is 1. The Labute approximate surface area is 145 Å². The van der Waals surface area contributed by atoms with Gasteiger partial charge in [0.1, 0.15) is 5.82 Å². The summed E-state index contributed by atoms with van der Waals surface area (Å²) in [5.41, 5.74) is 2.77. The van der Waals surface area contributed by atoms with Crippen LogP contribution in [0.5, 0.6) is 0 Å². The first-order chi connectivity index (χ1) is 11.7. The number of anilines is 1. The summed E-state index contributed by atoms with van der Waals surface area (Å²) in [6, 6.07) is 11.5. The average molecular weight is 327 g/mol. The first-order valence-corrected chi connectivity index (χ1v) is 8.89. The van der Waals surface area contributed by atoms with Crippen molar-refractivity contribution in [1.29, 1.82) is 0 Å². The molecule has 1 aliphatic rings. The van der Waals surface area contributed by atoms with Crippen LogP contribution in [0.3, 0.4) is 0 Å². The van der Waals surface area contributed by atoms with Crippen molar-refractivity contribution < 1.29 is 0 Å². The highest BCUT2D eigenvalue weighted by molar-refractivity contribution is 5.35. The SMILES string of the molecule is CCc1ccc([C@@H](CNC[C@H]2CNc3ccnn3C2)N(C)C)cc1. The van der Waals surface area contributed by atoms with E-state index < -0.39 is 0 Å². The fourth-order valence-corrected chi connectivity index (χ4v) is 3.32. The molecule has 0 amide bonds. The second-order valence-electron chi connectivity index (χ2n) is 6.88. The molecule has 0 spiro atoms. The van der Waals surface area contributed by atoms with E-state index in [1.807, 2.05) is 12.3 Å². The van der Waals surface area contributed by atoms with E-state index >= 15 is 0 Å². The third-order valence-electron chi connectivity index (χ3n) is 4.89. The minimum Gasteiger partial charge on any atom is -0.370 e. The molecule has 0 saturated heterocycles. The van der Waals surface area contributed by atoms with E-state index in [4.69, 9.17) is 0 Å². The minimum absolute atomic E-state index is 0.396. The van der Waals surface area contributed by atoms with Crippen molar-refractivity contribution in [2.45, 2.75) is 25.9 Å². The zero-order valence-electron chi connectivity index (χ0n) is 15.0. The predicted molar refractivity (Wildman–Crippen MR) is 99.3 cm³/mol. The van der Waals surface area contributed by atoms with Crippen LogP contribution in [0.25, 0.3) is 0 Å². The molecule has 3 rings (SSSR count). The molecule has 0 aliphatic carbocycles. The maximum absolute atomic E-state index is 4.36. The fourth-order valence-electron chi connectivity index (χ4n) is 3.32. The molecular weight excluding hydrogens is 298 g/mol. The molecule has 2 aromatic rings. The predicted octanol–water partition coefficient (Wildman–Crippen LogP) is 2.38. The molecule has 0 unspecified atom stereocenters. The second-order valence-corrected chi connectivity index (χ2v) is 6.88. The lowest BCUT2D eigenvalue weighted by Gasteiger charge is -2.28. The molecule has 2 heterocycles. The molecule has 24 heavy (non-hydrogen) atoms. The van der Waals surface area contributed by atoms with Crippen molar-refractivity contribution in [3.8, 4) is 0 Å². The number of nitrogens with one attached hydrogen (secondary N) is 2. The number of nitrogens with zero attached hydrogens (tertiary/aromatic N) is 3. The largest absolute Gasteiger partial charge is 0.370 e. The van der Waals surface area contributed by atoms with Gasteiger partial charge in [0.25, 0.3) is 0 Å². The summed E-state index contributed by atoms with van der Waals surface area (Å²) in [7, 11) is 4.30. The molecule has 5 heteroatoms. The summed E-state index contributed by atoms with van der Waals surface area (Å²) < 4.78 is 2.06. The van der Waals surface area contributed by atoms with Gasteiger partial charge in [-0.05, 0) is 31.6 Å². The van der Waals surface area contributed by atoms with Crippen molar-refractivity contribution in [2.75, 3.05) is 39.0 Å². The monoisotopic (exact) mass is 327 g/mol. The molecule has 1 aromatic heterocycles. The van der Waals surface area contributed by atoms with Gasteiger partial charge in [0.05, 0.1) is 6.20 Å². The van der Waals surface area contributed by atoms with Gasteiger partial charge in [-0.3, -0.25) is 0 Å². The van der Waals surface area contributed by atoms with Crippen molar-refractivity contribution in [2.24, 2.45) is 5.92 Å². The van der Waals surface area contributed by atoms with Gasteiger partial charge in [0.15, 0.2) is 0 Å². The van der Waals surface area contributed by atoms with E-state index in [0.29, 0.717) is 12.0 Å². The van der Waals surface area contributed by atoms with Gasteiger partial charge in [-0.2, -0.15) is 5.10 Å². The van der Waals surface area contributed by atoms with Crippen LogP contribution < -0.4 is 10.6 Å². The third-order valence-corrected chi connectivity index (χ3v) is 4.89. The quantitative estimate of drug-likeness (QED) is 0.820. The lowest BCUT2D eigenvalue weighted by Crippen LogP contribution is -2.38. The Kier molecular flexibility index (Phi) is 5.53. The van der Waals surface area contributed by atoms with Gasteiger partial charge in [0, 0.05) is 44.2 Å². The van der Waals surface area contributed by atoms with E-state index in [1.54, 1.807) is 0 Å². The van der Waals surface area contributed by atoms with E-state index in [9.17, 15) is 0 Å². The van der Waals surface area contributed by atoms with Crippen molar-refractivity contribution in [1.82, 2.24) is 20.0 Å². The Morgan fingerprint density at radius 2 is 2.08 bits per heavy atom. The Hall–Kier alpha value is -1.85. The molecule has 1 aromatic carbocycles.